The molecule has 3 rings (SSSR count). The lowest BCUT2D eigenvalue weighted by Crippen LogP contribution is -2.40. The zero-order valence-corrected chi connectivity index (χ0v) is 14.1. The minimum atomic E-state index is -0.632. The molecule has 1 fully saturated rings. The molecule has 23 heavy (non-hydrogen) atoms. The number of aromatic nitrogens is 2. The van der Waals surface area contributed by atoms with Crippen molar-refractivity contribution in [1.29, 1.82) is 0 Å². The Bertz CT molecular complexity index is 707. The molecule has 2 heterocycles. The number of hydrogen-bond donors (Lipinski definition) is 2. The molecule has 124 valence electrons. The van der Waals surface area contributed by atoms with E-state index >= 15 is 0 Å². The van der Waals surface area contributed by atoms with Crippen LogP contribution in [0.3, 0.4) is 0 Å². The van der Waals surface area contributed by atoms with Crippen molar-refractivity contribution < 1.29 is 9.90 Å². The second-order valence-electron chi connectivity index (χ2n) is 7.31. The number of aryl methyl sites for hydroxylation is 1. The van der Waals surface area contributed by atoms with E-state index in [1.807, 2.05) is 43.9 Å². The average molecular weight is 315 g/mol. The van der Waals surface area contributed by atoms with Crippen LogP contribution in [0, 0.1) is 12.8 Å². The summed E-state index contributed by atoms with van der Waals surface area (Å²) < 4.78 is 0. The van der Waals surface area contributed by atoms with Gasteiger partial charge in [0.15, 0.2) is 5.82 Å². The summed E-state index contributed by atoms with van der Waals surface area (Å²) in [5, 5.41) is 9.93. The fourth-order valence-corrected chi connectivity index (χ4v) is 3.47. The van der Waals surface area contributed by atoms with Crippen molar-refractivity contribution in [2.24, 2.45) is 5.92 Å². The van der Waals surface area contributed by atoms with Gasteiger partial charge in [0.2, 0.25) is 0 Å². The number of hydrogen-bond acceptors (Lipinski definition) is 3. The van der Waals surface area contributed by atoms with Crippen molar-refractivity contribution in [2.45, 2.75) is 45.6 Å². The first-order valence-corrected chi connectivity index (χ1v) is 8.30. The van der Waals surface area contributed by atoms with E-state index in [0.29, 0.717) is 11.7 Å². The molecule has 1 saturated heterocycles. The monoisotopic (exact) mass is 315 g/mol. The number of aromatic amines is 1. The van der Waals surface area contributed by atoms with Gasteiger partial charge in [-0.15, -0.1) is 0 Å². The molecule has 0 saturated carbocycles. The van der Waals surface area contributed by atoms with Gasteiger partial charge < -0.3 is 15.0 Å². The number of nitrogens with one attached hydrogen (secondary N) is 1. The molecule has 1 aliphatic heterocycles. The molecule has 1 aromatic carbocycles. The summed E-state index contributed by atoms with van der Waals surface area (Å²) in [6, 6.07) is 5.91. The van der Waals surface area contributed by atoms with E-state index in [0.717, 1.165) is 48.9 Å². The minimum Gasteiger partial charge on any atom is -0.390 e. The third kappa shape index (κ3) is 3.55. The van der Waals surface area contributed by atoms with Crippen LogP contribution in [0.4, 0.5) is 0 Å². The molecule has 1 aromatic heterocycles. The number of likely N-dealkylation sites (tertiary alicyclic amines) is 1. The van der Waals surface area contributed by atoms with E-state index in [1.165, 1.54) is 0 Å². The third-order valence-corrected chi connectivity index (χ3v) is 4.61. The van der Waals surface area contributed by atoms with E-state index in [2.05, 4.69) is 9.97 Å². The lowest BCUT2D eigenvalue weighted by molar-refractivity contribution is 0.0355. The predicted molar refractivity (Wildman–Crippen MR) is 90.4 cm³/mol. The van der Waals surface area contributed by atoms with Gasteiger partial charge in [-0.25, -0.2) is 4.98 Å². The number of nitrogens with zero attached hydrogens (tertiary/aromatic N) is 2. The van der Waals surface area contributed by atoms with Crippen LogP contribution in [-0.4, -0.2) is 44.6 Å². The number of piperidine rings is 1. The van der Waals surface area contributed by atoms with Crippen molar-refractivity contribution >= 4 is 16.9 Å². The number of benzene rings is 1. The largest absolute Gasteiger partial charge is 0.390 e. The van der Waals surface area contributed by atoms with Crippen molar-refractivity contribution in [1.82, 2.24) is 14.9 Å². The molecule has 1 amide bonds. The molecular weight excluding hydrogens is 290 g/mol. The van der Waals surface area contributed by atoms with Gasteiger partial charge >= 0.3 is 0 Å². The van der Waals surface area contributed by atoms with Crippen LogP contribution in [0.5, 0.6) is 0 Å². The number of fused-ring (bicyclic) bond motifs is 1. The first-order chi connectivity index (χ1) is 10.8. The van der Waals surface area contributed by atoms with Gasteiger partial charge in [0, 0.05) is 13.1 Å². The fourth-order valence-electron chi connectivity index (χ4n) is 3.47. The quantitative estimate of drug-likeness (QED) is 0.915. The Kier molecular flexibility index (Phi) is 4.15. The minimum absolute atomic E-state index is 0.0256. The summed E-state index contributed by atoms with van der Waals surface area (Å²) in [5.74, 6) is 0.884. The normalized spacial score (nSPS) is 17.0. The summed E-state index contributed by atoms with van der Waals surface area (Å²) in [7, 11) is 0. The molecule has 0 radical (unpaired) electrons. The van der Waals surface area contributed by atoms with E-state index in [4.69, 9.17) is 0 Å². The van der Waals surface area contributed by atoms with Crippen LogP contribution in [0.1, 0.15) is 49.3 Å². The highest BCUT2D eigenvalue weighted by atomic mass is 16.3. The zero-order chi connectivity index (χ0) is 16.6. The maximum atomic E-state index is 12.7. The van der Waals surface area contributed by atoms with Gasteiger partial charge in [0.05, 0.1) is 16.6 Å². The van der Waals surface area contributed by atoms with Crippen molar-refractivity contribution in [2.75, 3.05) is 13.1 Å². The molecule has 0 bridgehead atoms. The zero-order valence-electron chi connectivity index (χ0n) is 14.1. The van der Waals surface area contributed by atoms with Crippen LogP contribution < -0.4 is 0 Å². The fraction of sp³-hybridized carbons (Fsp3) is 0.556. The topological polar surface area (TPSA) is 69.2 Å². The number of rotatable bonds is 3. The number of carbonyl (C=O) groups excluding carboxylic acids is 1. The summed E-state index contributed by atoms with van der Waals surface area (Å²) in [6.45, 7) is 7.16. The van der Waals surface area contributed by atoms with E-state index in [-0.39, 0.29) is 5.91 Å². The Labute approximate surface area is 136 Å². The molecule has 0 unspecified atom stereocenters. The molecule has 2 N–H and O–H groups in total. The van der Waals surface area contributed by atoms with Gasteiger partial charge in [0.1, 0.15) is 0 Å². The van der Waals surface area contributed by atoms with E-state index in [9.17, 15) is 9.90 Å². The first kappa shape index (κ1) is 16.0. The van der Waals surface area contributed by atoms with Crippen molar-refractivity contribution in [3.8, 4) is 0 Å². The molecule has 0 aliphatic carbocycles. The van der Waals surface area contributed by atoms with Crippen molar-refractivity contribution in [3.63, 3.8) is 0 Å². The molecule has 1 aliphatic rings. The number of H-pyrrole nitrogens is 1. The van der Waals surface area contributed by atoms with Crippen LogP contribution in [0.2, 0.25) is 0 Å². The van der Waals surface area contributed by atoms with Crippen LogP contribution in [0.15, 0.2) is 18.2 Å². The number of carbonyl (C=O) groups is 1. The van der Waals surface area contributed by atoms with Crippen LogP contribution >= 0.6 is 0 Å². The maximum Gasteiger partial charge on any atom is 0.289 e. The van der Waals surface area contributed by atoms with Gasteiger partial charge in [-0.1, -0.05) is 12.1 Å². The Hall–Kier alpha value is -1.88. The second kappa shape index (κ2) is 5.96. The Morgan fingerprint density at radius 1 is 1.39 bits per heavy atom. The molecule has 0 atom stereocenters. The summed E-state index contributed by atoms with van der Waals surface area (Å²) in [6.07, 6.45) is 2.67. The highest BCUT2D eigenvalue weighted by Gasteiger charge is 2.28. The molecular formula is C18H25N3O2. The predicted octanol–water partition coefficient (Wildman–Crippen LogP) is 2.88. The highest BCUT2D eigenvalue weighted by Crippen LogP contribution is 2.27. The lowest BCUT2D eigenvalue weighted by atomic mass is 9.86. The van der Waals surface area contributed by atoms with Crippen molar-refractivity contribution in [3.05, 3.63) is 29.6 Å². The van der Waals surface area contributed by atoms with Gasteiger partial charge in [0.25, 0.3) is 5.91 Å². The molecule has 5 heteroatoms. The Morgan fingerprint density at radius 3 is 2.70 bits per heavy atom. The highest BCUT2D eigenvalue weighted by molar-refractivity contribution is 5.94. The summed E-state index contributed by atoms with van der Waals surface area (Å²) >= 11 is 0. The Morgan fingerprint density at radius 2 is 2.09 bits per heavy atom. The third-order valence-electron chi connectivity index (χ3n) is 4.61. The van der Waals surface area contributed by atoms with Gasteiger partial charge in [-0.05, 0) is 57.6 Å². The average Bonchev–Trinajstić information content (AvgIpc) is 2.91. The van der Waals surface area contributed by atoms with E-state index in [1.54, 1.807) is 0 Å². The summed E-state index contributed by atoms with van der Waals surface area (Å²) in [4.78, 5) is 22.1. The number of para-hydroxylation sites is 1. The van der Waals surface area contributed by atoms with Crippen LogP contribution in [0.25, 0.3) is 11.0 Å². The summed E-state index contributed by atoms with van der Waals surface area (Å²) in [5.41, 5.74) is 2.22. The first-order valence-electron chi connectivity index (χ1n) is 8.30. The number of amides is 1. The SMILES string of the molecule is Cc1cccc2[nH]c(C(=O)N3CCC(CC(C)(C)O)CC3)nc12. The standard InChI is InChI=1S/C18H25N3O2/c1-12-5-4-6-14-15(12)20-16(19-14)17(22)21-9-7-13(8-10-21)11-18(2,3)23/h4-6,13,23H,7-11H2,1-3H3,(H,19,20). The maximum absolute atomic E-state index is 12.7. The van der Waals surface area contributed by atoms with Gasteiger partial charge in [-0.3, -0.25) is 4.79 Å². The Balaban J connectivity index is 1.68. The van der Waals surface area contributed by atoms with Crippen LogP contribution in [-0.2, 0) is 0 Å². The smallest absolute Gasteiger partial charge is 0.289 e. The molecule has 0 spiro atoms. The number of imidazole rings is 1. The van der Waals surface area contributed by atoms with Gasteiger partial charge in [-0.2, -0.15) is 0 Å². The molecule has 2 aromatic rings. The number of aliphatic hydroxyl groups is 1. The second-order valence-corrected chi connectivity index (χ2v) is 7.31. The molecule has 5 nitrogen and oxygen atoms in total. The van der Waals surface area contributed by atoms with E-state index < -0.39 is 5.60 Å². The lowest BCUT2D eigenvalue weighted by Gasteiger charge is -2.34.